The number of nitrogens with one attached hydrogen (secondary N) is 1. The number of benzene rings is 1. The van der Waals surface area contributed by atoms with Crippen molar-refractivity contribution in [3.8, 4) is 11.5 Å². The van der Waals surface area contributed by atoms with Gasteiger partial charge in [0.1, 0.15) is 6.04 Å². The SMILES string of the molecule is CCc1c(F)c(OC)c(OC)c2[nH]cc(CC(N)C(=O)O)c12. The van der Waals surface area contributed by atoms with Crippen LogP contribution in [-0.4, -0.2) is 36.3 Å². The van der Waals surface area contributed by atoms with Gasteiger partial charge in [-0.3, -0.25) is 4.79 Å². The molecule has 0 bridgehead atoms. The van der Waals surface area contributed by atoms with Gasteiger partial charge in [-0.1, -0.05) is 6.92 Å². The zero-order valence-corrected chi connectivity index (χ0v) is 12.7. The van der Waals surface area contributed by atoms with Crippen molar-refractivity contribution in [2.45, 2.75) is 25.8 Å². The highest BCUT2D eigenvalue weighted by Crippen LogP contribution is 2.42. The summed E-state index contributed by atoms with van der Waals surface area (Å²) in [5, 5.41) is 9.57. The molecular weight excluding hydrogens is 291 g/mol. The molecule has 1 heterocycles. The lowest BCUT2D eigenvalue weighted by molar-refractivity contribution is -0.138. The van der Waals surface area contributed by atoms with Gasteiger partial charge in [0.2, 0.25) is 0 Å². The maximum Gasteiger partial charge on any atom is 0.320 e. The number of aromatic nitrogens is 1. The normalized spacial score (nSPS) is 12.4. The van der Waals surface area contributed by atoms with Crippen LogP contribution in [0.4, 0.5) is 4.39 Å². The number of aromatic amines is 1. The first-order valence-corrected chi connectivity index (χ1v) is 6.86. The van der Waals surface area contributed by atoms with Crippen molar-refractivity contribution in [1.82, 2.24) is 4.98 Å². The fourth-order valence-corrected chi connectivity index (χ4v) is 2.64. The number of ether oxygens (including phenoxy) is 2. The molecular formula is C15H19FN2O4. The number of carboxylic acid groups (broad SMARTS) is 1. The number of aryl methyl sites for hydroxylation is 1. The van der Waals surface area contributed by atoms with E-state index in [9.17, 15) is 9.18 Å². The van der Waals surface area contributed by atoms with Gasteiger partial charge in [-0.05, 0) is 12.0 Å². The number of nitrogens with two attached hydrogens (primary N) is 1. The van der Waals surface area contributed by atoms with E-state index in [1.807, 2.05) is 6.92 Å². The van der Waals surface area contributed by atoms with Crippen LogP contribution in [0.1, 0.15) is 18.1 Å². The minimum Gasteiger partial charge on any atom is -0.491 e. The van der Waals surface area contributed by atoms with E-state index >= 15 is 0 Å². The van der Waals surface area contributed by atoms with Crippen molar-refractivity contribution in [2.24, 2.45) is 5.73 Å². The third-order valence-electron chi connectivity index (χ3n) is 3.68. The Morgan fingerprint density at radius 1 is 1.41 bits per heavy atom. The number of carboxylic acids is 1. The number of halogens is 1. The minimum absolute atomic E-state index is 0.0304. The van der Waals surface area contributed by atoms with Crippen LogP contribution in [0.25, 0.3) is 10.9 Å². The van der Waals surface area contributed by atoms with Gasteiger partial charge >= 0.3 is 5.97 Å². The Morgan fingerprint density at radius 3 is 2.55 bits per heavy atom. The lowest BCUT2D eigenvalue weighted by Crippen LogP contribution is -2.32. The Kier molecular flexibility index (Phi) is 4.56. The molecule has 1 unspecified atom stereocenters. The van der Waals surface area contributed by atoms with Crippen molar-refractivity contribution in [1.29, 1.82) is 0 Å². The summed E-state index contributed by atoms with van der Waals surface area (Å²) in [6.07, 6.45) is 2.15. The zero-order chi connectivity index (χ0) is 16.4. The van der Waals surface area contributed by atoms with E-state index in [1.54, 1.807) is 6.20 Å². The summed E-state index contributed by atoms with van der Waals surface area (Å²) in [6.45, 7) is 1.82. The second-order valence-electron chi connectivity index (χ2n) is 4.93. The summed E-state index contributed by atoms with van der Waals surface area (Å²) in [4.78, 5) is 14.0. The van der Waals surface area contributed by atoms with E-state index < -0.39 is 17.8 Å². The first kappa shape index (κ1) is 16.1. The van der Waals surface area contributed by atoms with Crippen LogP contribution in [0.15, 0.2) is 6.20 Å². The minimum atomic E-state index is -1.10. The molecule has 0 spiro atoms. The number of H-pyrrole nitrogens is 1. The molecule has 0 saturated heterocycles. The van der Waals surface area contributed by atoms with Crippen LogP contribution in [0, 0.1) is 5.82 Å². The summed E-state index contributed by atoms with van der Waals surface area (Å²) < 4.78 is 25.0. The first-order valence-electron chi connectivity index (χ1n) is 6.86. The maximum atomic E-state index is 14.6. The van der Waals surface area contributed by atoms with Crippen molar-refractivity contribution in [2.75, 3.05) is 14.2 Å². The molecule has 1 aromatic carbocycles. The predicted octanol–water partition coefficient (Wildman–Crippen LogP) is 1.84. The summed E-state index contributed by atoms with van der Waals surface area (Å²) in [5.74, 6) is -1.32. The lowest BCUT2D eigenvalue weighted by atomic mass is 9.98. The smallest absolute Gasteiger partial charge is 0.320 e. The van der Waals surface area contributed by atoms with Crippen LogP contribution in [0.3, 0.4) is 0 Å². The zero-order valence-electron chi connectivity index (χ0n) is 12.7. The third-order valence-corrected chi connectivity index (χ3v) is 3.68. The van der Waals surface area contributed by atoms with E-state index in [4.69, 9.17) is 20.3 Å². The van der Waals surface area contributed by atoms with Crippen LogP contribution in [0.2, 0.25) is 0 Å². The monoisotopic (exact) mass is 310 g/mol. The molecule has 0 aliphatic rings. The quantitative estimate of drug-likeness (QED) is 0.756. The van der Waals surface area contributed by atoms with Gasteiger partial charge in [0.15, 0.2) is 17.3 Å². The summed E-state index contributed by atoms with van der Waals surface area (Å²) in [7, 11) is 2.79. The second kappa shape index (κ2) is 6.23. The van der Waals surface area contributed by atoms with Gasteiger partial charge in [-0.15, -0.1) is 0 Å². The fraction of sp³-hybridized carbons (Fsp3) is 0.400. The number of hydrogen-bond donors (Lipinski definition) is 3. The molecule has 2 rings (SSSR count). The Hall–Kier alpha value is -2.28. The average Bonchev–Trinajstić information content (AvgIpc) is 2.89. The van der Waals surface area contributed by atoms with Crippen molar-refractivity contribution in [3.63, 3.8) is 0 Å². The molecule has 1 aromatic heterocycles. The van der Waals surface area contributed by atoms with Gasteiger partial charge < -0.3 is 25.3 Å². The molecule has 1 atom stereocenters. The van der Waals surface area contributed by atoms with Crippen molar-refractivity contribution >= 4 is 16.9 Å². The van der Waals surface area contributed by atoms with Gasteiger partial charge in [-0.2, -0.15) is 0 Å². The number of carbonyl (C=O) groups is 1. The molecule has 6 nitrogen and oxygen atoms in total. The Bertz CT molecular complexity index is 711. The van der Waals surface area contributed by atoms with Gasteiger partial charge in [0.05, 0.1) is 19.7 Å². The van der Waals surface area contributed by atoms with E-state index in [1.165, 1.54) is 14.2 Å². The maximum absolute atomic E-state index is 14.6. The summed E-state index contributed by atoms with van der Waals surface area (Å²) >= 11 is 0. The second-order valence-corrected chi connectivity index (χ2v) is 4.93. The van der Waals surface area contributed by atoms with Gasteiger partial charge in [0.25, 0.3) is 0 Å². The van der Waals surface area contributed by atoms with E-state index in [2.05, 4.69) is 4.98 Å². The molecule has 0 radical (unpaired) electrons. The molecule has 7 heteroatoms. The van der Waals surface area contributed by atoms with Gasteiger partial charge in [0, 0.05) is 23.6 Å². The molecule has 0 fully saturated rings. The van der Waals surface area contributed by atoms with Crippen LogP contribution in [-0.2, 0) is 17.6 Å². The topological polar surface area (TPSA) is 97.6 Å². The standard InChI is InChI=1S/C15H19FN2O4/c1-4-8-10-7(5-9(17)15(19)20)6-18-12(10)14(22-3)13(21-2)11(8)16/h6,9,18H,4-5,17H2,1-3H3,(H,19,20). The number of hydrogen-bond acceptors (Lipinski definition) is 4. The molecule has 2 aromatic rings. The average molecular weight is 310 g/mol. The highest BCUT2D eigenvalue weighted by atomic mass is 19.1. The molecule has 0 aliphatic carbocycles. The summed E-state index contributed by atoms with van der Waals surface area (Å²) in [5.41, 5.74) is 7.25. The van der Waals surface area contributed by atoms with Crippen LogP contribution >= 0.6 is 0 Å². The Labute approximate surface area is 127 Å². The van der Waals surface area contributed by atoms with E-state index in [0.717, 1.165) is 0 Å². The molecule has 0 saturated carbocycles. The third kappa shape index (κ3) is 2.48. The number of rotatable bonds is 6. The number of aliphatic carboxylic acids is 1. The molecule has 0 aliphatic heterocycles. The van der Waals surface area contributed by atoms with Crippen molar-refractivity contribution < 1.29 is 23.8 Å². The van der Waals surface area contributed by atoms with Crippen molar-refractivity contribution in [3.05, 3.63) is 23.1 Å². The van der Waals surface area contributed by atoms with E-state index in [0.29, 0.717) is 28.5 Å². The Morgan fingerprint density at radius 2 is 2.05 bits per heavy atom. The van der Waals surface area contributed by atoms with E-state index in [-0.39, 0.29) is 17.9 Å². The molecule has 120 valence electrons. The number of fused-ring (bicyclic) bond motifs is 1. The fourth-order valence-electron chi connectivity index (χ4n) is 2.64. The molecule has 22 heavy (non-hydrogen) atoms. The summed E-state index contributed by atoms with van der Waals surface area (Å²) in [6, 6.07) is -1.06. The lowest BCUT2D eigenvalue weighted by Gasteiger charge is -2.14. The largest absolute Gasteiger partial charge is 0.491 e. The molecule has 0 amide bonds. The van der Waals surface area contributed by atoms with Gasteiger partial charge in [-0.25, -0.2) is 4.39 Å². The molecule has 4 N–H and O–H groups in total. The predicted molar refractivity (Wildman–Crippen MR) is 80.1 cm³/mol. The number of methoxy groups -OCH3 is 2. The highest BCUT2D eigenvalue weighted by Gasteiger charge is 2.25. The van der Waals surface area contributed by atoms with Crippen LogP contribution in [0.5, 0.6) is 11.5 Å². The van der Waals surface area contributed by atoms with Crippen LogP contribution < -0.4 is 15.2 Å². The Balaban J connectivity index is 2.73. The first-order chi connectivity index (χ1) is 10.5. The highest BCUT2D eigenvalue weighted by molar-refractivity contribution is 5.94.